The number of benzene rings is 2. The molecular formula is C17H16ClFN2O3. The van der Waals surface area contributed by atoms with E-state index in [1.165, 1.54) is 6.07 Å². The fourth-order valence-corrected chi connectivity index (χ4v) is 2.68. The Morgan fingerprint density at radius 2 is 1.96 bits per heavy atom. The maximum absolute atomic E-state index is 13.9. The van der Waals surface area contributed by atoms with Crippen LogP contribution >= 0.6 is 11.6 Å². The van der Waals surface area contributed by atoms with E-state index in [0.717, 1.165) is 11.1 Å². The van der Waals surface area contributed by atoms with Gasteiger partial charge < -0.3 is 4.74 Å². The van der Waals surface area contributed by atoms with Crippen LogP contribution in [-0.2, 0) is 16.1 Å². The normalized spacial score (nSPS) is 15.6. The van der Waals surface area contributed by atoms with Crippen LogP contribution in [0, 0.1) is 5.82 Å². The second kappa shape index (κ2) is 6.86. The van der Waals surface area contributed by atoms with Crippen molar-refractivity contribution in [3.05, 3.63) is 58.9 Å². The molecule has 24 heavy (non-hydrogen) atoms. The van der Waals surface area contributed by atoms with Gasteiger partial charge in [-0.15, -0.1) is 0 Å². The molecule has 0 aromatic heterocycles. The maximum atomic E-state index is 13.9. The number of hydroxylamine groups is 1. The fourth-order valence-electron chi connectivity index (χ4n) is 2.52. The van der Waals surface area contributed by atoms with Crippen molar-refractivity contribution in [2.45, 2.75) is 12.1 Å². The highest BCUT2D eigenvalue weighted by molar-refractivity contribution is 6.30. The summed E-state index contributed by atoms with van der Waals surface area (Å²) in [6, 6.07) is 11.9. The van der Waals surface area contributed by atoms with E-state index >= 15 is 0 Å². The van der Waals surface area contributed by atoms with E-state index in [-0.39, 0.29) is 19.0 Å². The molecule has 1 saturated heterocycles. The summed E-state index contributed by atoms with van der Waals surface area (Å²) in [4.78, 5) is 11.7. The van der Waals surface area contributed by atoms with Crippen LogP contribution in [0.2, 0.25) is 5.02 Å². The highest BCUT2D eigenvalue weighted by atomic mass is 35.5. The van der Waals surface area contributed by atoms with Crippen molar-refractivity contribution < 1.29 is 19.1 Å². The summed E-state index contributed by atoms with van der Waals surface area (Å²) in [5, 5.41) is 12.2. The maximum Gasteiger partial charge on any atom is 0.268 e. The summed E-state index contributed by atoms with van der Waals surface area (Å²) in [6.07, 6.45) is 0. The average Bonchev–Trinajstić information content (AvgIpc) is 2.54. The summed E-state index contributed by atoms with van der Waals surface area (Å²) in [5.74, 6) is -0.896. The Morgan fingerprint density at radius 1 is 1.25 bits per heavy atom. The van der Waals surface area contributed by atoms with E-state index < -0.39 is 11.4 Å². The van der Waals surface area contributed by atoms with Crippen LogP contribution in [0.15, 0.2) is 42.5 Å². The second-order valence-corrected chi connectivity index (χ2v) is 6.13. The molecule has 1 amide bonds. The smallest absolute Gasteiger partial charge is 0.268 e. The van der Waals surface area contributed by atoms with E-state index in [9.17, 15) is 9.18 Å². The van der Waals surface area contributed by atoms with Crippen LogP contribution in [0.1, 0.15) is 5.56 Å². The minimum absolute atomic E-state index is 0.202. The Hall–Kier alpha value is -1.99. The van der Waals surface area contributed by atoms with Crippen molar-refractivity contribution in [1.29, 1.82) is 0 Å². The monoisotopic (exact) mass is 350 g/mol. The lowest BCUT2D eigenvalue weighted by molar-refractivity contribution is -0.156. The second-order valence-electron chi connectivity index (χ2n) is 5.69. The van der Waals surface area contributed by atoms with Gasteiger partial charge in [0, 0.05) is 17.1 Å². The zero-order valence-corrected chi connectivity index (χ0v) is 13.4. The lowest BCUT2D eigenvalue weighted by Crippen LogP contribution is -2.68. The number of amides is 1. The third-order valence-corrected chi connectivity index (χ3v) is 4.30. The first kappa shape index (κ1) is 16.9. The molecule has 0 unspecified atom stereocenters. The van der Waals surface area contributed by atoms with E-state index in [1.54, 1.807) is 29.7 Å². The third kappa shape index (κ3) is 3.27. The Bertz CT molecular complexity index is 748. The summed E-state index contributed by atoms with van der Waals surface area (Å²) in [5.41, 5.74) is 2.88. The Labute approximate surface area is 143 Å². The SMILES string of the molecule is O=C(NO)C1(NCc2ccc(-c3ccc(Cl)cc3F)cc2)COC1. The summed E-state index contributed by atoms with van der Waals surface area (Å²) < 4.78 is 19.0. The number of nitrogens with one attached hydrogen (secondary N) is 2. The van der Waals surface area contributed by atoms with Gasteiger partial charge >= 0.3 is 0 Å². The lowest BCUT2D eigenvalue weighted by atomic mass is 9.96. The molecule has 3 rings (SSSR count). The number of carbonyl (C=O) groups is 1. The quantitative estimate of drug-likeness (QED) is 0.572. The predicted molar refractivity (Wildman–Crippen MR) is 87.2 cm³/mol. The number of hydrogen-bond donors (Lipinski definition) is 3. The first-order valence-electron chi connectivity index (χ1n) is 7.36. The van der Waals surface area contributed by atoms with Crippen molar-refractivity contribution in [3.8, 4) is 11.1 Å². The zero-order chi connectivity index (χ0) is 17.2. The molecule has 3 N–H and O–H groups in total. The topological polar surface area (TPSA) is 70.6 Å². The van der Waals surface area contributed by atoms with Crippen LogP contribution in [0.5, 0.6) is 0 Å². The van der Waals surface area contributed by atoms with Gasteiger partial charge in [0.25, 0.3) is 5.91 Å². The van der Waals surface area contributed by atoms with Crippen molar-refractivity contribution in [3.63, 3.8) is 0 Å². The van der Waals surface area contributed by atoms with Crippen molar-refractivity contribution >= 4 is 17.5 Å². The molecule has 5 nitrogen and oxygen atoms in total. The Kier molecular flexibility index (Phi) is 4.82. The summed E-state index contributed by atoms with van der Waals surface area (Å²) >= 11 is 5.76. The molecule has 0 aliphatic carbocycles. The molecular weight excluding hydrogens is 335 g/mol. The first-order chi connectivity index (χ1) is 11.5. The molecule has 0 atom stereocenters. The van der Waals surface area contributed by atoms with Gasteiger partial charge in [-0.3, -0.25) is 15.3 Å². The molecule has 2 aromatic carbocycles. The highest BCUT2D eigenvalue weighted by Gasteiger charge is 2.45. The molecule has 126 valence electrons. The van der Waals surface area contributed by atoms with E-state index in [4.69, 9.17) is 21.5 Å². The Balaban J connectivity index is 1.70. The van der Waals surface area contributed by atoms with Gasteiger partial charge in [0.1, 0.15) is 11.4 Å². The fraction of sp³-hybridized carbons (Fsp3) is 0.235. The number of hydrogen-bond acceptors (Lipinski definition) is 4. The lowest BCUT2D eigenvalue weighted by Gasteiger charge is -2.39. The number of carbonyl (C=O) groups excluding carboxylic acids is 1. The van der Waals surface area contributed by atoms with E-state index in [0.29, 0.717) is 17.1 Å². The van der Waals surface area contributed by atoms with E-state index in [2.05, 4.69) is 5.32 Å². The van der Waals surface area contributed by atoms with Crippen molar-refractivity contribution in [2.24, 2.45) is 0 Å². The average molecular weight is 351 g/mol. The summed E-state index contributed by atoms with van der Waals surface area (Å²) in [7, 11) is 0. The Morgan fingerprint density at radius 3 is 2.50 bits per heavy atom. The van der Waals surface area contributed by atoms with Gasteiger partial charge in [-0.1, -0.05) is 35.9 Å². The van der Waals surface area contributed by atoms with Crippen LogP contribution in [0.4, 0.5) is 4.39 Å². The molecule has 7 heteroatoms. The van der Waals surface area contributed by atoms with Crippen molar-refractivity contribution in [1.82, 2.24) is 10.8 Å². The third-order valence-electron chi connectivity index (χ3n) is 4.06. The molecule has 2 aromatic rings. The van der Waals surface area contributed by atoms with Crippen LogP contribution < -0.4 is 10.8 Å². The van der Waals surface area contributed by atoms with Gasteiger partial charge in [0.05, 0.1) is 13.2 Å². The highest BCUT2D eigenvalue weighted by Crippen LogP contribution is 2.26. The molecule has 0 radical (unpaired) electrons. The molecule has 0 bridgehead atoms. The molecule has 1 fully saturated rings. The minimum Gasteiger partial charge on any atom is -0.376 e. The van der Waals surface area contributed by atoms with Crippen LogP contribution in [0.3, 0.4) is 0 Å². The van der Waals surface area contributed by atoms with Crippen LogP contribution in [-0.4, -0.2) is 29.9 Å². The van der Waals surface area contributed by atoms with Gasteiger partial charge in [-0.25, -0.2) is 9.87 Å². The number of halogens is 2. The van der Waals surface area contributed by atoms with Crippen LogP contribution in [0.25, 0.3) is 11.1 Å². The predicted octanol–water partition coefficient (Wildman–Crippen LogP) is 2.51. The standard InChI is InChI=1S/C17H16ClFN2O3/c18-13-5-6-14(15(19)7-13)12-3-1-11(2-4-12)8-20-17(9-24-10-17)16(22)21-23/h1-7,20,23H,8-10H2,(H,21,22). The van der Waals surface area contributed by atoms with Gasteiger partial charge in [0.15, 0.2) is 0 Å². The molecule has 1 aliphatic rings. The van der Waals surface area contributed by atoms with Gasteiger partial charge in [0.2, 0.25) is 0 Å². The molecule has 1 heterocycles. The first-order valence-corrected chi connectivity index (χ1v) is 7.73. The molecule has 1 aliphatic heterocycles. The molecule has 0 saturated carbocycles. The number of ether oxygens (including phenoxy) is 1. The largest absolute Gasteiger partial charge is 0.376 e. The zero-order valence-electron chi connectivity index (χ0n) is 12.7. The van der Waals surface area contributed by atoms with Gasteiger partial charge in [-0.2, -0.15) is 0 Å². The summed E-state index contributed by atoms with van der Waals surface area (Å²) in [6.45, 7) is 0.821. The molecule has 0 spiro atoms. The number of rotatable bonds is 5. The van der Waals surface area contributed by atoms with Crippen molar-refractivity contribution in [2.75, 3.05) is 13.2 Å². The van der Waals surface area contributed by atoms with E-state index in [1.807, 2.05) is 12.1 Å². The van der Waals surface area contributed by atoms with Gasteiger partial charge in [-0.05, 0) is 29.3 Å². The minimum atomic E-state index is -0.907.